The van der Waals surface area contributed by atoms with Crippen LogP contribution < -0.4 is 10.1 Å². The van der Waals surface area contributed by atoms with E-state index in [-0.39, 0.29) is 29.8 Å². The van der Waals surface area contributed by atoms with Gasteiger partial charge in [-0.1, -0.05) is 13.8 Å². The molecule has 0 fully saturated rings. The standard InChI is InChI=1S/C20H20F6N2O4S/c1-3-28(4-2)33(30,31)17-7-5-16(6-8-17)32-12-18(29)27-15-10-13(19(21,22)23)9-14(11-15)20(24,25)26/h5-11H,3-4,12H2,1-2H3,(H,27,29). The van der Waals surface area contributed by atoms with E-state index < -0.39 is 51.7 Å². The van der Waals surface area contributed by atoms with E-state index >= 15 is 0 Å². The topological polar surface area (TPSA) is 75.7 Å². The molecule has 0 aromatic heterocycles. The Morgan fingerprint density at radius 1 is 0.909 bits per heavy atom. The van der Waals surface area contributed by atoms with Crippen LogP contribution in [0.5, 0.6) is 5.75 Å². The molecule has 0 radical (unpaired) electrons. The molecule has 0 aliphatic carbocycles. The summed E-state index contributed by atoms with van der Waals surface area (Å²) in [6.07, 6.45) is -10.1. The minimum Gasteiger partial charge on any atom is -0.484 e. The second-order valence-electron chi connectivity index (χ2n) is 6.69. The van der Waals surface area contributed by atoms with Gasteiger partial charge >= 0.3 is 12.4 Å². The second-order valence-corrected chi connectivity index (χ2v) is 8.63. The largest absolute Gasteiger partial charge is 0.484 e. The van der Waals surface area contributed by atoms with Gasteiger partial charge in [-0.25, -0.2) is 8.42 Å². The molecule has 33 heavy (non-hydrogen) atoms. The molecule has 1 N–H and O–H groups in total. The zero-order valence-electron chi connectivity index (χ0n) is 17.4. The number of carbonyl (C=O) groups excluding carboxylic acids is 1. The SMILES string of the molecule is CCN(CC)S(=O)(=O)c1ccc(OCC(=O)Nc2cc(C(F)(F)F)cc(C(F)(F)F)c2)cc1. The summed E-state index contributed by atoms with van der Waals surface area (Å²) in [6.45, 7) is 3.16. The number of nitrogens with zero attached hydrogens (tertiary/aromatic N) is 1. The first-order valence-corrected chi connectivity index (χ1v) is 10.9. The van der Waals surface area contributed by atoms with Crippen molar-refractivity contribution in [1.82, 2.24) is 4.31 Å². The summed E-state index contributed by atoms with van der Waals surface area (Å²) in [5, 5.41) is 1.94. The minimum absolute atomic E-state index is 0.00773. The zero-order chi connectivity index (χ0) is 25.0. The molecule has 0 saturated carbocycles. The Hall–Kier alpha value is -2.80. The first-order chi connectivity index (χ1) is 15.2. The van der Waals surface area contributed by atoms with Crippen molar-refractivity contribution in [3.63, 3.8) is 0 Å². The summed E-state index contributed by atoms with van der Waals surface area (Å²) in [5.41, 5.74) is -3.84. The summed E-state index contributed by atoms with van der Waals surface area (Å²) in [5.74, 6) is -0.939. The van der Waals surface area contributed by atoms with Crippen molar-refractivity contribution in [3.8, 4) is 5.75 Å². The molecule has 0 aliphatic heterocycles. The molecule has 0 heterocycles. The van der Waals surface area contributed by atoms with E-state index in [4.69, 9.17) is 4.74 Å². The summed E-state index contributed by atoms with van der Waals surface area (Å²) < 4.78 is 109. The van der Waals surface area contributed by atoms with E-state index in [1.807, 2.05) is 5.32 Å². The molecule has 0 bridgehead atoms. The lowest BCUT2D eigenvalue weighted by atomic mass is 10.1. The summed E-state index contributed by atoms with van der Waals surface area (Å²) in [4.78, 5) is 12.0. The Balaban J connectivity index is 2.10. The fraction of sp³-hybridized carbons (Fsp3) is 0.350. The molecular formula is C20H20F6N2O4S. The third-order valence-corrected chi connectivity index (χ3v) is 6.47. The van der Waals surface area contributed by atoms with Crippen LogP contribution in [0.15, 0.2) is 47.4 Å². The number of benzene rings is 2. The van der Waals surface area contributed by atoms with Crippen molar-refractivity contribution >= 4 is 21.6 Å². The summed E-state index contributed by atoms with van der Waals surface area (Å²) in [7, 11) is -3.71. The van der Waals surface area contributed by atoms with Crippen molar-refractivity contribution in [1.29, 1.82) is 0 Å². The lowest BCUT2D eigenvalue weighted by Gasteiger charge is -2.18. The van der Waals surface area contributed by atoms with Crippen molar-refractivity contribution in [2.75, 3.05) is 25.0 Å². The highest BCUT2D eigenvalue weighted by Gasteiger charge is 2.37. The Morgan fingerprint density at radius 3 is 1.82 bits per heavy atom. The molecule has 0 spiro atoms. The number of hydrogen-bond donors (Lipinski definition) is 1. The van der Waals surface area contributed by atoms with Crippen molar-refractivity contribution in [2.24, 2.45) is 0 Å². The number of alkyl halides is 6. The van der Waals surface area contributed by atoms with Crippen molar-refractivity contribution < 1.29 is 44.3 Å². The first-order valence-electron chi connectivity index (χ1n) is 9.50. The van der Waals surface area contributed by atoms with Gasteiger partial charge < -0.3 is 10.1 Å². The molecule has 0 saturated heterocycles. The maximum absolute atomic E-state index is 12.9. The van der Waals surface area contributed by atoms with Crippen LogP contribution in [0.1, 0.15) is 25.0 Å². The molecule has 0 unspecified atom stereocenters. The fourth-order valence-corrected chi connectivity index (χ4v) is 4.25. The smallest absolute Gasteiger partial charge is 0.416 e. The molecule has 0 aliphatic rings. The molecule has 0 atom stereocenters. The Morgan fingerprint density at radius 2 is 1.39 bits per heavy atom. The third kappa shape index (κ3) is 6.84. The summed E-state index contributed by atoms with van der Waals surface area (Å²) >= 11 is 0. The maximum atomic E-state index is 12.9. The molecule has 13 heteroatoms. The number of amides is 1. The molecule has 2 aromatic carbocycles. The number of carbonyl (C=O) groups is 1. The Kier molecular flexibility index (Phi) is 8.01. The summed E-state index contributed by atoms with van der Waals surface area (Å²) in [6, 6.07) is 5.75. The van der Waals surface area contributed by atoms with Gasteiger partial charge in [0, 0.05) is 18.8 Å². The van der Waals surface area contributed by atoms with E-state index in [9.17, 15) is 39.6 Å². The van der Waals surface area contributed by atoms with Crippen LogP contribution >= 0.6 is 0 Å². The van der Waals surface area contributed by atoms with Crippen LogP contribution in [0.4, 0.5) is 32.0 Å². The number of ether oxygens (including phenoxy) is 1. The fourth-order valence-electron chi connectivity index (χ4n) is 2.79. The van der Waals surface area contributed by atoms with Gasteiger partial charge in [-0.15, -0.1) is 0 Å². The second kappa shape index (κ2) is 10.00. The van der Waals surface area contributed by atoms with E-state index in [0.717, 1.165) is 0 Å². The van der Waals surface area contributed by atoms with Crippen molar-refractivity contribution in [3.05, 3.63) is 53.6 Å². The predicted molar refractivity (Wildman–Crippen MR) is 107 cm³/mol. The molecular weight excluding hydrogens is 478 g/mol. The van der Waals surface area contributed by atoms with Gasteiger partial charge in [0.2, 0.25) is 10.0 Å². The third-order valence-electron chi connectivity index (χ3n) is 4.41. The highest BCUT2D eigenvalue weighted by molar-refractivity contribution is 7.89. The van der Waals surface area contributed by atoms with Crippen LogP contribution in [0.2, 0.25) is 0 Å². The molecule has 2 aromatic rings. The molecule has 1 amide bonds. The predicted octanol–water partition coefficient (Wildman–Crippen LogP) is 4.77. The minimum atomic E-state index is -5.05. The number of anilines is 1. The average Bonchev–Trinajstić information content (AvgIpc) is 2.72. The van der Waals surface area contributed by atoms with Crippen molar-refractivity contribution in [2.45, 2.75) is 31.1 Å². The van der Waals surface area contributed by atoms with Crippen LogP contribution in [0.3, 0.4) is 0 Å². The van der Waals surface area contributed by atoms with Gasteiger partial charge in [0.25, 0.3) is 5.91 Å². The molecule has 2 rings (SSSR count). The Bertz CT molecular complexity index is 1050. The number of halogens is 6. The van der Waals surface area contributed by atoms with Gasteiger partial charge in [0.1, 0.15) is 5.75 Å². The number of sulfonamides is 1. The van der Waals surface area contributed by atoms with Gasteiger partial charge in [-0.05, 0) is 42.5 Å². The monoisotopic (exact) mass is 498 g/mol. The van der Waals surface area contributed by atoms with E-state index in [2.05, 4.69) is 0 Å². The molecule has 182 valence electrons. The van der Waals surface area contributed by atoms with Crippen LogP contribution in [0.25, 0.3) is 0 Å². The van der Waals surface area contributed by atoms with Crippen LogP contribution in [-0.2, 0) is 27.2 Å². The van der Waals surface area contributed by atoms with Gasteiger partial charge in [-0.2, -0.15) is 30.6 Å². The van der Waals surface area contributed by atoms with E-state index in [1.54, 1.807) is 13.8 Å². The quantitative estimate of drug-likeness (QED) is 0.532. The van der Waals surface area contributed by atoms with E-state index in [0.29, 0.717) is 12.1 Å². The highest BCUT2D eigenvalue weighted by atomic mass is 32.2. The van der Waals surface area contributed by atoms with Crippen LogP contribution in [0, 0.1) is 0 Å². The Labute approximate surface area is 186 Å². The molecule has 6 nitrogen and oxygen atoms in total. The van der Waals surface area contributed by atoms with Gasteiger partial charge in [0.05, 0.1) is 16.0 Å². The van der Waals surface area contributed by atoms with Gasteiger partial charge in [0.15, 0.2) is 6.61 Å². The number of nitrogens with one attached hydrogen (secondary N) is 1. The maximum Gasteiger partial charge on any atom is 0.416 e. The van der Waals surface area contributed by atoms with Crippen LogP contribution in [-0.4, -0.2) is 38.3 Å². The first kappa shape index (κ1) is 26.5. The average molecular weight is 498 g/mol. The van der Waals surface area contributed by atoms with Gasteiger partial charge in [-0.3, -0.25) is 4.79 Å². The van der Waals surface area contributed by atoms with E-state index in [1.165, 1.54) is 28.6 Å². The zero-order valence-corrected chi connectivity index (χ0v) is 18.2. The lowest BCUT2D eigenvalue weighted by molar-refractivity contribution is -0.143. The number of rotatable bonds is 8. The normalized spacial score (nSPS) is 12.6. The number of hydrogen-bond acceptors (Lipinski definition) is 4. The lowest BCUT2D eigenvalue weighted by Crippen LogP contribution is -2.30. The highest BCUT2D eigenvalue weighted by Crippen LogP contribution is 2.37.